The third-order valence-corrected chi connectivity index (χ3v) is 5.29. The van der Waals surface area contributed by atoms with E-state index in [0.717, 1.165) is 36.9 Å². The van der Waals surface area contributed by atoms with Crippen LogP contribution in [0.4, 0.5) is 17.1 Å². The van der Waals surface area contributed by atoms with Gasteiger partial charge in [0.2, 0.25) is 5.91 Å². The zero-order valence-electron chi connectivity index (χ0n) is 15.0. The summed E-state index contributed by atoms with van der Waals surface area (Å²) in [6.45, 7) is 0.666. The molecule has 4 rings (SSSR count). The first-order valence-corrected chi connectivity index (χ1v) is 9.51. The van der Waals surface area contributed by atoms with Crippen LogP contribution in [0.2, 0.25) is 5.02 Å². The maximum absolute atomic E-state index is 12.6. The largest absolute Gasteiger partial charge is 0.322 e. The van der Waals surface area contributed by atoms with Gasteiger partial charge < -0.3 is 10.2 Å². The molecule has 1 saturated carbocycles. The lowest BCUT2D eigenvalue weighted by Gasteiger charge is -2.30. The number of amides is 2. The molecular weight excluding hydrogens is 382 g/mol. The van der Waals surface area contributed by atoms with E-state index < -0.39 is 10.8 Å². The molecule has 1 aliphatic heterocycles. The van der Waals surface area contributed by atoms with Gasteiger partial charge >= 0.3 is 0 Å². The minimum Gasteiger partial charge on any atom is -0.322 e. The third-order valence-electron chi connectivity index (χ3n) is 5.05. The summed E-state index contributed by atoms with van der Waals surface area (Å²) in [5.41, 5.74) is 1.92. The molecule has 28 heavy (non-hydrogen) atoms. The molecule has 0 atom stereocenters. The molecule has 0 saturated heterocycles. The van der Waals surface area contributed by atoms with Crippen molar-refractivity contribution in [2.24, 2.45) is 5.92 Å². The van der Waals surface area contributed by atoms with Crippen LogP contribution in [0.5, 0.6) is 0 Å². The van der Waals surface area contributed by atoms with E-state index in [9.17, 15) is 19.7 Å². The third kappa shape index (κ3) is 3.57. The standard InChI is InChI=1S/C20H18ClN3O4/c21-14-6-8-17(24(27)28)16(10-14)19(25)22-15-7-5-12-2-1-9-23(18(12)11-15)20(26)13-3-4-13/h5-8,10-11,13H,1-4,9H2,(H,22,25). The maximum Gasteiger partial charge on any atom is 0.282 e. The summed E-state index contributed by atoms with van der Waals surface area (Å²) < 4.78 is 0. The van der Waals surface area contributed by atoms with Crippen molar-refractivity contribution in [3.63, 3.8) is 0 Å². The molecule has 8 heteroatoms. The second-order valence-corrected chi connectivity index (χ2v) is 7.52. The molecule has 144 valence electrons. The van der Waals surface area contributed by atoms with Gasteiger partial charge in [0.25, 0.3) is 11.6 Å². The molecule has 1 heterocycles. The molecule has 1 fully saturated rings. The van der Waals surface area contributed by atoms with E-state index in [1.807, 2.05) is 6.07 Å². The number of nitrogens with zero attached hydrogens (tertiary/aromatic N) is 2. The molecule has 2 aliphatic rings. The Labute approximate surface area is 166 Å². The highest BCUT2D eigenvalue weighted by molar-refractivity contribution is 6.31. The van der Waals surface area contributed by atoms with Crippen LogP contribution >= 0.6 is 11.6 Å². The summed E-state index contributed by atoms with van der Waals surface area (Å²) in [5, 5.41) is 14.1. The van der Waals surface area contributed by atoms with Gasteiger partial charge in [-0.2, -0.15) is 0 Å². The number of rotatable bonds is 4. The number of benzene rings is 2. The molecule has 0 aromatic heterocycles. The van der Waals surface area contributed by atoms with E-state index in [-0.39, 0.29) is 28.1 Å². The number of aryl methyl sites for hydroxylation is 1. The maximum atomic E-state index is 12.6. The predicted octanol–water partition coefficient (Wildman–Crippen LogP) is 4.19. The molecule has 0 radical (unpaired) electrons. The number of carbonyl (C=O) groups is 2. The van der Waals surface area contributed by atoms with E-state index in [2.05, 4.69) is 5.32 Å². The Hall–Kier alpha value is -2.93. The van der Waals surface area contributed by atoms with Gasteiger partial charge in [-0.3, -0.25) is 19.7 Å². The Bertz CT molecular complexity index is 987. The number of nitrogens with one attached hydrogen (secondary N) is 1. The smallest absolute Gasteiger partial charge is 0.282 e. The number of nitro groups is 1. The SMILES string of the molecule is O=C(Nc1ccc2c(c1)N(C(=O)C1CC1)CCC2)c1cc(Cl)ccc1[N+](=O)[O-]. The van der Waals surface area contributed by atoms with Crippen molar-refractivity contribution >= 4 is 40.5 Å². The fourth-order valence-corrected chi connectivity index (χ4v) is 3.65. The van der Waals surface area contributed by atoms with Crippen LogP contribution in [0.3, 0.4) is 0 Å². The van der Waals surface area contributed by atoms with E-state index in [0.29, 0.717) is 12.2 Å². The average Bonchev–Trinajstić information content (AvgIpc) is 3.52. The van der Waals surface area contributed by atoms with Gasteiger partial charge in [0, 0.05) is 34.9 Å². The van der Waals surface area contributed by atoms with E-state index in [1.54, 1.807) is 17.0 Å². The van der Waals surface area contributed by atoms with E-state index in [1.165, 1.54) is 18.2 Å². The van der Waals surface area contributed by atoms with Gasteiger partial charge in [-0.05, 0) is 55.5 Å². The molecule has 0 bridgehead atoms. The summed E-state index contributed by atoms with van der Waals surface area (Å²) >= 11 is 5.91. The fourth-order valence-electron chi connectivity index (χ4n) is 3.48. The zero-order valence-corrected chi connectivity index (χ0v) is 15.7. The summed E-state index contributed by atoms with van der Waals surface area (Å²) in [5.74, 6) is -0.377. The van der Waals surface area contributed by atoms with Crippen LogP contribution in [0.25, 0.3) is 0 Å². The van der Waals surface area contributed by atoms with Gasteiger partial charge in [-0.25, -0.2) is 0 Å². The molecule has 2 aromatic carbocycles. The van der Waals surface area contributed by atoms with E-state index >= 15 is 0 Å². The van der Waals surface area contributed by atoms with Gasteiger partial charge in [-0.1, -0.05) is 17.7 Å². The molecule has 0 spiro atoms. The Morgan fingerprint density at radius 3 is 2.68 bits per heavy atom. The molecule has 1 N–H and O–H groups in total. The van der Waals surface area contributed by atoms with E-state index in [4.69, 9.17) is 11.6 Å². The van der Waals surface area contributed by atoms with Crippen LogP contribution in [0, 0.1) is 16.0 Å². The van der Waals surface area contributed by atoms with Gasteiger partial charge in [-0.15, -0.1) is 0 Å². The normalized spacial score (nSPS) is 15.7. The second kappa shape index (κ2) is 7.24. The van der Waals surface area contributed by atoms with Gasteiger partial charge in [0.15, 0.2) is 0 Å². The highest BCUT2D eigenvalue weighted by Crippen LogP contribution is 2.37. The summed E-state index contributed by atoms with van der Waals surface area (Å²) in [6, 6.07) is 9.26. The number of anilines is 2. The van der Waals surface area contributed by atoms with Crippen LogP contribution in [0.15, 0.2) is 36.4 Å². The Balaban J connectivity index is 1.62. The van der Waals surface area contributed by atoms with Crippen LogP contribution in [-0.2, 0) is 11.2 Å². The molecule has 7 nitrogen and oxygen atoms in total. The lowest BCUT2D eigenvalue weighted by atomic mass is 10.0. The van der Waals surface area contributed by atoms with Crippen molar-refractivity contribution in [1.82, 2.24) is 0 Å². The Morgan fingerprint density at radius 1 is 1.18 bits per heavy atom. The highest BCUT2D eigenvalue weighted by atomic mass is 35.5. The first kappa shape index (κ1) is 18.4. The highest BCUT2D eigenvalue weighted by Gasteiger charge is 2.35. The number of hydrogen-bond acceptors (Lipinski definition) is 4. The second-order valence-electron chi connectivity index (χ2n) is 7.08. The number of hydrogen-bond donors (Lipinski definition) is 1. The van der Waals surface area contributed by atoms with Crippen LogP contribution in [-0.4, -0.2) is 23.3 Å². The van der Waals surface area contributed by atoms with Crippen LogP contribution < -0.4 is 10.2 Å². The minimum atomic E-state index is -0.620. The number of fused-ring (bicyclic) bond motifs is 1. The minimum absolute atomic E-state index is 0.110. The summed E-state index contributed by atoms with van der Waals surface area (Å²) in [6.07, 6.45) is 3.64. The summed E-state index contributed by atoms with van der Waals surface area (Å²) in [4.78, 5) is 37.6. The predicted molar refractivity (Wildman–Crippen MR) is 106 cm³/mol. The Morgan fingerprint density at radius 2 is 1.96 bits per heavy atom. The first-order chi connectivity index (χ1) is 13.4. The molecule has 2 aromatic rings. The molecular formula is C20H18ClN3O4. The number of nitro benzene ring substituents is 1. The molecule has 0 unspecified atom stereocenters. The van der Waals surface area contributed by atoms with Gasteiger partial charge in [0.1, 0.15) is 5.56 Å². The van der Waals surface area contributed by atoms with Crippen molar-refractivity contribution in [3.05, 3.63) is 62.7 Å². The van der Waals surface area contributed by atoms with Gasteiger partial charge in [0.05, 0.1) is 4.92 Å². The van der Waals surface area contributed by atoms with Crippen LogP contribution in [0.1, 0.15) is 35.2 Å². The monoisotopic (exact) mass is 399 g/mol. The van der Waals surface area contributed by atoms with Crippen molar-refractivity contribution in [3.8, 4) is 0 Å². The number of halogens is 1. The zero-order chi connectivity index (χ0) is 19.8. The first-order valence-electron chi connectivity index (χ1n) is 9.13. The lowest BCUT2D eigenvalue weighted by Crippen LogP contribution is -2.36. The summed E-state index contributed by atoms with van der Waals surface area (Å²) in [7, 11) is 0. The molecule has 2 amide bonds. The quantitative estimate of drug-likeness (QED) is 0.616. The fraction of sp³-hybridized carbons (Fsp3) is 0.300. The van der Waals surface area contributed by atoms with Crippen molar-refractivity contribution in [2.45, 2.75) is 25.7 Å². The lowest BCUT2D eigenvalue weighted by molar-refractivity contribution is -0.385. The van der Waals surface area contributed by atoms with Crippen molar-refractivity contribution in [2.75, 3.05) is 16.8 Å². The molecule has 1 aliphatic carbocycles. The number of carbonyl (C=O) groups excluding carboxylic acids is 2. The van der Waals surface area contributed by atoms with Crippen molar-refractivity contribution < 1.29 is 14.5 Å². The average molecular weight is 400 g/mol. The Kier molecular flexibility index (Phi) is 4.77. The topological polar surface area (TPSA) is 92.6 Å². The van der Waals surface area contributed by atoms with Crippen molar-refractivity contribution in [1.29, 1.82) is 0 Å².